The van der Waals surface area contributed by atoms with Crippen LogP contribution in [0.2, 0.25) is 0 Å². The highest BCUT2D eigenvalue weighted by Crippen LogP contribution is 2.18. The summed E-state index contributed by atoms with van der Waals surface area (Å²) in [4.78, 5) is 0. The predicted molar refractivity (Wildman–Crippen MR) is 69.9 cm³/mol. The molecule has 0 spiro atoms. The zero-order chi connectivity index (χ0) is 13.1. The molecule has 0 aromatic heterocycles. The van der Waals surface area contributed by atoms with Crippen molar-refractivity contribution in [2.45, 2.75) is 25.1 Å². The molecular weight excluding hydrogens is 309 g/mol. The minimum Gasteiger partial charge on any atom is -0.328 e. The third kappa shape index (κ3) is 5.14. The van der Waals surface area contributed by atoms with Crippen LogP contribution in [0, 0.1) is 5.82 Å². The topological polar surface area (TPSA) is 60.2 Å². The maximum atomic E-state index is 13.0. The van der Waals surface area contributed by atoms with Crippen LogP contribution in [0.15, 0.2) is 22.7 Å². The molecule has 1 atom stereocenters. The lowest BCUT2D eigenvalue weighted by Crippen LogP contribution is -2.20. The van der Waals surface area contributed by atoms with Gasteiger partial charge < -0.3 is 5.73 Å². The number of halogens is 2. The summed E-state index contributed by atoms with van der Waals surface area (Å²) in [5.41, 5.74) is 6.09. The molecule has 1 aromatic rings. The predicted octanol–water partition coefficient (Wildman–Crippen LogP) is 2.24. The smallest absolute Gasteiger partial charge is 0.154 e. The minimum absolute atomic E-state index is 0.0552. The molecule has 0 aliphatic rings. The fourth-order valence-corrected chi connectivity index (χ4v) is 3.31. The van der Waals surface area contributed by atoms with Crippen LogP contribution in [-0.4, -0.2) is 20.2 Å². The lowest BCUT2D eigenvalue weighted by molar-refractivity contribution is 0.586. The van der Waals surface area contributed by atoms with E-state index >= 15 is 0 Å². The highest BCUT2D eigenvalue weighted by molar-refractivity contribution is 9.10. The van der Waals surface area contributed by atoms with Gasteiger partial charge in [0, 0.05) is 6.04 Å². The Morgan fingerprint density at radius 3 is 2.65 bits per heavy atom. The van der Waals surface area contributed by atoms with Crippen molar-refractivity contribution in [3.63, 3.8) is 0 Å². The molecule has 0 amide bonds. The number of sulfone groups is 1. The van der Waals surface area contributed by atoms with Gasteiger partial charge >= 0.3 is 0 Å². The van der Waals surface area contributed by atoms with E-state index in [-0.39, 0.29) is 22.0 Å². The van der Waals surface area contributed by atoms with E-state index in [1.807, 2.05) is 0 Å². The van der Waals surface area contributed by atoms with Gasteiger partial charge in [-0.05, 0) is 47.0 Å². The summed E-state index contributed by atoms with van der Waals surface area (Å²) in [6.07, 6.45) is 0.435. The van der Waals surface area contributed by atoms with Gasteiger partial charge in [0.05, 0.1) is 16.0 Å². The average molecular weight is 324 g/mol. The Morgan fingerprint density at radius 2 is 2.12 bits per heavy atom. The third-order valence-electron chi connectivity index (χ3n) is 2.25. The van der Waals surface area contributed by atoms with Gasteiger partial charge in [0.15, 0.2) is 9.84 Å². The summed E-state index contributed by atoms with van der Waals surface area (Å²) in [7, 11) is -3.18. The Labute approximate surface area is 109 Å². The van der Waals surface area contributed by atoms with Crippen LogP contribution in [0.25, 0.3) is 0 Å². The first-order valence-corrected chi connectivity index (χ1v) is 7.81. The van der Waals surface area contributed by atoms with Crippen molar-refractivity contribution in [1.82, 2.24) is 0 Å². The highest BCUT2D eigenvalue weighted by Gasteiger charge is 2.13. The Bertz CT molecular complexity index is 488. The number of rotatable bonds is 5. The molecule has 0 saturated carbocycles. The molecular formula is C11H15BrFNO2S. The molecule has 0 heterocycles. The number of hydrogen-bond acceptors (Lipinski definition) is 3. The van der Waals surface area contributed by atoms with Crippen molar-refractivity contribution in [2.24, 2.45) is 5.73 Å². The van der Waals surface area contributed by atoms with Crippen LogP contribution in [-0.2, 0) is 15.6 Å². The molecule has 17 heavy (non-hydrogen) atoms. The van der Waals surface area contributed by atoms with Crippen LogP contribution >= 0.6 is 15.9 Å². The Hall–Kier alpha value is -0.460. The number of nitrogens with two attached hydrogens (primary N) is 1. The van der Waals surface area contributed by atoms with E-state index in [0.717, 1.165) is 0 Å². The molecule has 0 aliphatic carbocycles. The summed E-state index contributed by atoms with van der Waals surface area (Å²) in [5.74, 6) is -0.431. The van der Waals surface area contributed by atoms with Gasteiger partial charge in [0.1, 0.15) is 5.82 Å². The molecule has 0 radical (unpaired) electrons. The quantitative estimate of drug-likeness (QED) is 0.904. The van der Waals surface area contributed by atoms with Gasteiger partial charge in [-0.3, -0.25) is 0 Å². The Morgan fingerprint density at radius 1 is 1.47 bits per heavy atom. The molecule has 3 nitrogen and oxygen atoms in total. The monoisotopic (exact) mass is 323 g/mol. The van der Waals surface area contributed by atoms with E-state index in [0.29, 0.717) is 12.0 Å². The molecule has 0 aliphatic heterocycles. The number of hydrogen-bond donors (Lipinski definition) is 1. The third-order valence-corrected chi connectivity index (χ3v) is 4.49. The molecule has 6 heteroatoms. The van der Waals surface area contributed by atoms with E-state index in [1.165, 1.54) is 18.2 Å². The van der Waals surface area contributed by atoms with Gasteiger partial charge in [0.25, 0.3) is 0 Å². The summed E-state index contributed by atoms with van der Waals surface area (Å²) in [6.45, 7) is 1.77. The first kappa shape index (κ1) is 14.6. The summed E-state index contributed by atoms with van der Waals surface area (Å²) in [5, 5.41) is 0. The largest absolute Gasteiger partial charge is 0.328 e. The first-order chi connectivity index (χ1) is 7.80. The van der Waals surface area contributed by atoms with Gasteiger partial charge in [-0.2, -0.15) is 0 Å². The molecule has 1 aromatic carbocycles. The van der Waals surface area contributed by atoms with Gasteiger partial charge in [-0.15, -0.1) is 0 Å². The summed E-state index contributed by atoms with van der Waals surface area (Å²) in [6, 6.07) is 4.08. The van der Waals surface area contributed by atoms with Crippen LogP contribution < -0.4 is 5.73 Å². The minimum atomic E-state index is -3.18. The van der Waals surface area contributed by atoms with Crippen molar-refractivity contribution >= 4 is 25.8 Å². The zero-order valence-electron chi connectivity index (χ0n) is 9.49. The van der Waals surface area contributed by atoms with Crippen molar-refractivity contribution < 1.29 is 12.8 Å². The molecule has 1 rings (SSSR count). The number of benzene rings is 1. The standard InChI is InChI=1S/C11H15BrFNO2S/c1-8(14)4-5-17(15,16)7-9-2-3-11(13)10(12)6-9/h2-3,6,8H,4-5,7,14H2,1H3. The molecule has 0 bridgehead atoms. The van der Waals surface area contributed by atoms with E-state index in [2.05, 4.69) is 15.9 Å². The van der Waals surface area contributed by atoms with Crippen LogP contribution in [0.1, 0.15) is 18.9 Å². The second-order valence-corrected chi connectivity index (χ2v) is 7.14. The van der Waals surface area contributed by atoms with Crippen LogP contribution in [0.5, 0.6) is 0 Å². The summed E-state index contributed by atoms with van der Waals surface area (Å²) < 4.78 is 36.7. The van der Waals surface area contributed by atoms with E-state index in [9.17, 15) is 12.8 Å². The van der Waals surface area contributed by atoms with Crippen molar-refractivity contribution in [3.05, 3.63) is 34.1 Å². The van der Waals surface area contributed by atoms with E-state index in [4.69, 9.17) is 5.73 Å². The SMILES string of the molecule is CC(N)CCS(=O)(=O)Cc1ccc(F)c(Br)c1. The Balaban J connectivity index is 2.73. The van der Waals surface area contributed by atoms with Crippen LogP contribution in [0.3, 0.4) is 0 Å². The zero-order valence-corrected chi connectivity index (χ0v) is 11.9. The van der Waals surface area contributed by atoms with Crippen LogP contribution in [0.4, 0.5) is 4.39 Å². The van der Waals surface area contributed by atoms with Crippen molar-refractivity contribution in [2.75, 3.05) is 5.75 Å². The first-order valence-electron chi connectivity index (χ1n) is 5.20. The van der Waals surface area contributed by atoms with Crippen molar-refractivity contribution in [3.8, 4) is 0 Å². The maximum Gasteiger partial charge on any atom is 0.154 e. The second kappa shape index (κ2) is 5.93. The molecule has 96 valence electrons. The van der Waals surface area contributed by atoms with E-state index in [1.54, 1.807) is 6.92 Å². The lowest BCUT2D eigenvalue weighted by Gasteiger charge is -2.07. The van der Waals surface area contributed by atoms with Crippen molar-refractivity contribution in [1.29, 1.82) is 0 Å². The molecule has 0 saturated heterocycles. The Kier molecular flexibility index (Phi) is 5.09. The van der Waals surface area contributed by atoms with E-state index < -0.39 is 15.7 Å². The normalized spacial score (nSPS) is 13.6. The summed E-state index contributed by atoms with van der Waals surface area (Å²) >= 11 is 3.03. The lowest BCUT2D eigenvalue weighted by atomic mass is 10.2. The maximum absolute atomic E-state index is 13.0. The van der Waals surface area contributed by atoms with Gasteiger partial charge in [-0.25, -0.2) is 12.8 Å². The second-order valence-electron chi connectivity index (χ2n) is 4.11. The fourth-order valence-electron chi connectivity index (χ4n) is 1.32. The molecule has 1 unspecified atom stereocenters. The molecule has 0 fully saturated rings. The van der Waals surface area contributed by atoms with Gasteiger partial charge in [0.2, 0.25) is 0 Å². The fraction of sp³-hybridized carbons (Fsp3) is 0.455. The highest BCUT2D eigenvalue weighted by atomic mass is 79.9. The average Bonchev–Trinajstić information content (AvgIpc) is 2.21. The van der Waals surface area contributed by atoms with Gasteiger partial charge in [-0.1, -0.05) is 6.07 Å². The molecule has 2 N–H and O–H groups in total.